The Morgan fingerprint density at radius 1 is 0.923 bits per heavy atom. The highest BCUT2D eigenvalue weighted by atomic mass is 35.5. The fourth-order valence-corrected chi connectivity index (χ4v) is 4.11. The zero-order valence-corrected chi connectivity index (χ0v) is 22.9. The number of rotatable bonds is 8. The molecule has 0 saturated carbocycles. The molecule has 39 heavy (non-hydrogen) atoms. The molecule has 3 aromatic rings. The summed E-state index contributed by atoms with van der Waals surface area (Å²) in [5.74, 6) is -1.95. The molecule has 1 aliphatic heterocycles. The number of anilines is 3. The Balaban J connectivity index is 1.48. The van der Waals surface area contributed by atoms with Crippen LogP contribution in [0.2, 0.25) is 5.02 Å². The van der Waals surface area contributed by atoms with E-state index in [2.05, 4.69) is 10.6 Å². The van der Waals surface area contributed by atoms with E-state index in [4.69, 9.17) is 27.9 Å². The van der Waals surface area contributed by atoms with Gasteiger partial charge in [0, 0.05) is 22.0 Å². The van der Waals surface area contributed by atoms with Crippen LogP contribution < -0.4 is 15.5 Å². The Morgan fingerprint density at radius 3 is 2.28 bits per heavy atom. The summed E-state index contributed by atoms with van der Waals surface area (Å²) in [6, 6.07) is 17.6. The molecule has 0 bridgehead atoms. The highest BCUT2D eigenvalue weighted by Gasteiger charge is 2.39. The molecule has 0 unspecified atom stereocenters. The van der Waals surface area contributed by atoms with Crippen LogP contribution in [0.4, 0.5) is 17.1 Å². The summed E-state index contributed by atoms with van der Waals surface area (Å²) in [6.45, 7) is 6.00. The summed E-state index contributed by atoms with van der Waals surface area (Å²) in [6.07, 6.45) is 0. The Bertz CT molecular complexity index is 1500. The molecule has 2 N–H and O–H groups in total. The predicted molar refractivity (Wildman–Crippen MR) is 151 cm³/mol. The van der Waals surface area contributed by atoms with Crippen molar-refractivity contribution in [1.29, 1.82) is 0 Å². The van der Waals surface area contributed by atoms with E-state index < -0.39 is 23.7 Å². The van der Waals surface area contributed by atoms with Crippen molar-refractivity contribution in [3.05, 3.63) is 99.2 Å². The van der Waals surface area contributed by atoms with E-state index in [0.29, 0.717) is 39.7 Å². The number of esters is 1. The number of hydrogen-bond acceptors (Lipinski definition) is 6. The third-order valence-electron chi connectivity index (χ3n) is 5.78. The Labute approximate surface area is 235 Å². The van der Waals surface area contributed by atoms with Crippen molar-refractivity contribution in [3.8, 4) is 0 Å². The van der Waals surface area contributed by atoms with Gasteiger partial charge in [-0.25, -0.2) is 9.69 Å². The van der Waals surface area contributed by atoms with Crippen LogP contribution in [0, 0.1) is 12.8 Å². The van der Waals surface area contributed by atoms with E-state index >= 15 is 0 Å². The average Bonchev–Trinajstić information content (AvgIpc) is 3.11. The number of carbonyl (C=O) groups is 4. The third kappa shape index (κ3) is 6.30. The number of ether oxygens (including phenoxy) is 1. The Kier molecular flexibility index (Phi) is 8.38. The summed E-state index contributed by atoms with van der Waals surface area (Å²) in [7, 11) is 0. The number of carbonyl (C=O) groups excluding carboxylic acids is 4. The topological polar surface area (TPSA) is 105 Å². The minimum atomic E-state index is -0.686. The van der Waals surface area contributed by atoms with E-state index in [1.807, 2.05) is 13.8 Å². The van der Waals surface area contributed by atoms with Crippen molar-refractivity contribution in [3.63, 3.8) is 0 Å². The lowest BCUT2D eigenvalue weighted by molar-refractivity contribution is -0.120. The molecule has 0 fully saturated rings. The van der Waals surface area contributed by atoms with Gasteiger partial charge < -0.3 is 15.4 Å². The SMILES string of the molecule is Cc1ccc(C(=O)Nc2ccc(C(=O)OCC(C)C)cc2)cc1NC1=C(Cl)C(=O)N(c2cccc(Cl)c2)C1=O. The van der Waals surface area contributed by atoms with Crippen molar-refractivity contribution < 1.29 is 23.9 Å². The molecule has 3 amide bonds. The second-order valence-corrected chi connectivity index (χ2v) is 10.1. The molecule has 1 heterocycles. The van der Waals surface area contributed by atoms with E-state index in [1.54, 1.807) is 67.6 Å². The van der Waals surface area contributed by atoms with Crippen LogP contribution in [0.15, 0.2) is 77.5 Å². The molecule has 4 rings (SSSR count). The lowest BCUT2D eigenvalue weighted by Gasteiger charge is -2.16. The molecule has 3 aromatic carbocycles. The number of hydrogen-bond donors (Lipinski definition) is 2. The number of aryl methyl sites for hydroxylation is 1. The Hall–Kier alpha value is -4.14. The van der Waals surface area contributed by atoms with Crippen LogP contribution >= 0.6 is 23.2 Å². The van der Waals surface area contributed by atoms with Gasteiger partial charge in [0.05, 0.1) is 17.9 Å². The quantitative estimate of drug-likeness (QED) is 0.251. The number of nitrogens with zero attached hydrogens (tertiary/aromatic N) is 1. The fourth-order valence-electron chi connectivity index (χ4n) is 3.71. The van der Waals surface area contributed by atoms with Gasteiger partial charge in [-0.3, -0.25) is 14.4 Å². The van der Waals surface area contributed by atoms with Crippen LogP contribution in [0.25, 0.3) is 0 Å². The maximum Gasteiger partial charge on any atom is 0.338 e. The second-order valence-electron chi connectivity index (χ2n) is 9.29. The highest BCUT2D eigenvalue weighted by Crippen LogP contribution is 2.32. The number of nitrogens with one attached hydrogen (secondary N) is 2. The standard InChI is InChI=1S/C29H25Cl2N3O5/c1-16(2)15-39-29(38)18-9-11-21(12-10-18)32-26(35)19-8-7-17(3)23(13-19)33-25-24(31)27(36)34(28(25)37)22-6-4-5-20(30)14-22/h4-14,16,33H,15H2,1-3H3,(H,32,35). The zero-order chi connectivity index (χ0) is 28.3. The summed E-state index contributed by atoms with van der Waals surface area (Å²) in [5.41, 5.74) is 2.48. The molecule has 200 valence electrons. The van der Waals surface area contributed by atoms with Crippen molar-refractivity contribution >= 4 is 64.0 Å². The summed E-state index contributed by atoms with van der Waals surface area (Å²) in [4.78, 5) is 51.9. The minimum absolute atomic E-state index is 0.109. The molecular weight excluding hydrogens is 541 g/mol. The van der Waals surface area contributed by atoms with E-state index in [-0.39, 0.29) is 22.3 Å². The first-order valence-corrected chi connectivity index (χ1v) is 12.8. The number of amides is 3. The molecule has 8 nitrogen and oxygen atoms in total. The van der Waals surface area contributed by atoms with Gasteiger partial charge >= 0.3 is 5.97 Å². The van der Waals surface area contributed by atoms with Gasteiger partial charge in [-0.05, 0) is 73.0 Å². The van der Waals surface area contributed by atoms with Gasteiger partial charge in [-0.2, -0.15) is 0 Å². The first-order valence-electron chi connectivity index (χ1n) is 12.1. The van der Waals surface area contributed by atoms with Crippen molar-refractivity contribution in [2.75, 3.05) is 22.1 Å². The van der Waals surface area contributed by atoms with Gasteiger partial charge in [0.2, 0.25) is 0 Å². The van der Waals surface area contributed by atoms with Crippen LogP contribution in [0.3, 0.4) is 0 Å². The lowest BCUT2D eigenvalue weighted by Crippen LogP contribution is -2.32. The van der Waals surface area contributed by atoms with Gasteiger partial charge in [0.1, 0.15) is 10.7 Å². The molecular formula is C29H25Cl2N3O5. The summed E-state index contributed by atoms with van der Waals surface area (Å²) >= 11 is 12.3. The normalized spacial score (nSPS) is 13.2. The number of benzene rings is 3. The van der Waals surface area contributed by atoms with Crippen molar-refractivity contribution in [2.24, 2.45) is 5.92 Å². The Morgan fingerprint density at radius 2 is 1.62 bits per heavy atom. The molecule has 1 aliphatic rings. The van der Waals surface area contributed by atoms with Gasteiger partial charge in [0.25, 0.3) is 17.7 Å². The first-order chi connectivity index (χ1) is 18.5. The van der Waals surface area contributed by atoms with Crippen LogP contribution in [0.5, 0.6) is 0 Å². The molecule has 0 aromatic heterocycles. The smallest absolute Gasteiger partial charge is 0.338 e. The molecule has 0 aliphatic carbocycles. The second kappa shape index (κ2) is 11.7. The summed E-state index contributed by atoms with van der Waals surface area (Å²) in [5, 5.41) is 5.78. The van der Waals surface area contributed by atoms with E-state index in [9.17, 15) is 19.2 Å². The maximum atomic E-state index is 13.1. The van der Waals surface area contributed by atoms with Gasteiger partial charge in [0.15, 0.2) is 0 Å². The van der Waals surface area contributed by atoms with Gasteiger partial charge in [-0.1, -0.05) is 49.2 Å². The van der Waals surface area contributed by atoms with Crippen LogP contribution in [0.1, 0.15) is 40.1 Å². The maximum absolute atomic E-state index is 13.1. The molecule has 0 spiro atoms. The zero-order valence-electron chi connectivity index (χ0n) is 21.4. The van der Waals surface area contributed by atoms with Crippen LogP contribution in [-0.2, 0) is 14.3 Å². The predicted octanol–water partition coefficient (Wildman–Crippen LogP) is 6.15. The van der Waals surface area contributed by atoms with Gasteiger partial charge in [-0.15, -0.1) is 0 Å². The first kappa shape index (κ1) is 27.9. The lowest BCUT2D eigenvalue weighted by atomic mass is 10.1. The molecule has 0 saturated heterocycles. The van der Waals surface area contributed by atoms with E-state index in [0.717, 1.165) is 4.90 Å². The third-order valence-corrected chi connectivity index (χ3v) is 6.37. The monoisotopic (exact) mass is 565 g/mol. The summed E-state index contributed by atoms with van der Waals surface area (Å²) < 4.78 is 5.22. The van der Waals surface area contributed by atoms with Crippen molar-refractivity contribution in [2.45, 2.75) is 20.8 Å². The largest absolute Gasteiger partial charge is 0.462 e. The highest BCUT2D eigenvalue weighted by molar-refractivity contribution is 6.53. The number of imide groups is 1. The van der Waals surface area contributed by atoms with Crippen molar-refractivity contribution in [1.82, 2.24) is 0 Å². The molecule has 0 radical (unpaired) electrons. The average molecular weight is 566 g/mol. The number of halogens is 2. The fraction of sp³-hybridized carbons (Fsp3) is 0.172. The van der Waals surface area contributed by atoms with E-state index in [1.165, 1.54) is 6.07 Å². The minimum Gasteiger partial charge on any atom is -0.462 e. The van der Waals surface area contributed by atoms with Crippen LogP contribution in [-0.4, -0.2) is 30.3 Å². The molecule has 0 atom stereocenters. The molecule has 10 heteroatoms.